The van der Waals surface area contributed by atoms with Gasteiger partial charge in [-0.15, -0.1) is 0 Å². The van der Waals surface area contributed by atoms with Crippen molar-refractivity contribution in [3.05, 3.63) is 51.4 Å². The van der Waals surface area contributed by atoms with Gasteiger partial charge in [-0.2, -0.15) is 0 Å². The lowest BCUT2D eigenvalue weighted by molar-refractivity contribution is -0.116. The Balaban J connectivity index is 1.75. The Morgan fingerprint density at radius 2 is 2.12 bits per heavy atom. The van der Waals surface area contributed by atoms with Gasteiger partial charge in [-0.25, -0.2) is 4.98 Å². The van der Waals surface area contributed by atoms with Crippen LogP contribution >= 0.6 is 11.8 Å². The third kappa shape index (κ3) is 3.79. The minimum absolute atomic E-state index is 0.0667. The van der Waals surface area contributed by atoms with Crippen molar-refractivity contribution in [3.63, 3.8) is 0 Å². The topological polar surface area (TPSA) is 64.0 Å². The number of carbonyl (C=O) groups is 1. The summed E-state index contributed by atoms with van der Waals surface area (Å²) in [6.07, 6.45) is 0.274. The van der Waals surface area contributed by atoms with Gasteiger partial charge in [0.25, 0.3) is 5.56 Å². The first-order chi connectivity index (χ1) is 11.8. The minimum Gasteiger partial charge on any atom is -0.326 e. The monoisotopic (exact) mass is 357 g/mol. The zero-order chi connectivity index (χ0) is 18.1. The molecule has 6 heteroatoms. The van der Waals surface area contributed by atoms with Gasteiger partial charge in [0, 0.05) is 23.9 Å². The molecule has 25 heavy (non-hydrogen) atoms. The summed E-state index contributed by atoms with van der Waals surface area (Å²) in [4.78, 5) is 29.5. The Bertz CT molecular complexity index is 873. The molecule has 0 radical (unpaired) electrons. The molecule has 0 aliphatic carbocycles. The Morgan fingerprint density at radius 1 is 1.36 bits per heavy atom. The summed E-state index contributed by atoms with van der Waals surface area (Å²) in [5.74, 6) is 0.834. The lowest BCUT2D eigenvalue weighted by Gasteiger charge is -2.15. The molecule has 132 valence electrons. The van der Waals surface area contributed by atoms with E-state index in [0.717, 1.165) is 27.7 Å². The molecule has 0 fully saturated rings. The van der Waals surface area contributed by atoms with Gasteiger partial charge in [-0.05, 0) is 31.4 Å². The average molecular weight is 357 g/mol. The first-order valence-corrected chi connectivity index (χ1v) is 9.47. The van der Waals surface area contributed by atoms with Crippen LogP contribution in [-0.4, -0.2) is 21.2 Å². The Labute approximate surface area is 151 Å². The minimum atomic E-state index is -0.146. The lowest BCUT2D eigenvalue weighted by atomic mass is 10.1. The quantitative estimate of drug-likeness (QED) is 0.848. The number of hydrogen-bond donors (Lipinski definition) is 1. The van der Waals surface area contributed by atoms with E-state index in [-0.39, 0.29) is 29.8 Å². The van der Waals surface area contributed by atoms with Crippen LogP contribution < -0.4 is 10.9 Å². The van der Waals surface area contributed by atoms with Crippen molar-refractivity contribution in [2.45, 2.75) is 51.2 Å². The van der Waals surface area contributed by atoms with Gasteiger partial charge in [-0.1, -0.05) is 43.3 Å². The van der Waals surface area contributed by atoms with Crippen LogP contribution in [0.1, 0.15) is 49.0 Å². The van der Waals surface area contributed by atoms with Crippen LogP contribution in [0.25, 0.3) is 0 Å². The van der Waals surface area contributed by atoms with Gasteiger partial charge in [0.05, 0.1) is 11.7 Å². The number of nitrogens with zero attached hydrogens (tertiary/aromatic N) is 2. The summed E-state index contributed by atoms with van der Waals surface area (Å²) < 4.78 is 1.66. The molecule has 0 bridgehead atoms. The molecular formula is C19H23N3O2S. The third-order valence-corrected chi connectivity index (χ3v) is 5.48. The fourth-order valence-corrected chi connectivity index (χ4v) is 4.14. The second-order valence-corrected chi connectivity index (χ2v) is 7.85. The summed E-state index contributed by atoms with van der Waals surface area (Å²) in [6.45, 7) is 8.04. The standard InChI is InChI=1S/C19H23N3O2S/c1-11(2)16-9-18(24)22-14(10-25-19(22)21-16)8-17(23)20-15-6-5-12(3)7-13(15)4/h5-7,9,11,14H,8,10H2,1-4H3,(H,20,23). The van der Waals surface area contributed by atoms with E-state index in [9.17, 15) is 9.59 Å². The first kappa shape index (κ1) is 17.7. The predicted molar refractivity (Wildman–Crippen MR) is 102 cm³/mol. The zero-order valence-corrected chi connectivity index (χ0v) is 15.8. The van der Waals surface area contributed by atoms with Crippen molar-refractivity contribution in [2.24, 2.45) is 0 Å². The van der Waals surface area contributed by atoms with Crippen molar-refractivity contribution in [1.82, 2.24) is 9.55 Å². The number of fused-ring (bicyclic) bond motifs is 1. The van der Waals surface area contributed by atoms with Crippen molar-refractivity contribution >= 4 is 23.4 Å². The Hall–Kier alpha value is -2.08. The van der Waals surface area contributed by atoms with Crippen LogP contribution in [0.3, 0.4) is 0 Å². The SMILES string of the molecule is Cc1ccc(NC(=O)CC2CSc3nc(C(C)C)cc(=O)n32)c(C)c1. The van der Waals surface area contributed by atoms with Gasteiger partial charge in [-0.3, -0.25) is 14.2 Å². The van der Waals surface area contributed by atoms with Crippen LogP contribution in [-0.2, 0) is 4.79 Å². The van der Waals surface area contributed by atoms with Crippen LogP contribution in [0.5, 0.6) is 0 Å². The van der Waals surface area contributed by atoms with Crippen LogP contribution in [0.2, 0.25) is 0 Å². The van der Waals surface area contributed by atoms with Gasteiger partial charge >= 0.3 is 0 Å². The smallest absolute Gasteiger partial charge is 0.254 e. The summed E-state index contributed by atoms with van der Waals surface area (Å²) in [6, 6.07) is 7.38. The highest BCUT2D eigenvalue weighted by Gasteiger charge is 2.28. The number of anilines is 1. The number of aromatic nitrogens is 2. The maximum absolute atomic E-state index is 12.5. The molecule has 1 N–H and O–H groups in total. The predicted octanol–water partition coefficient (Wildman–Crippen LogP) is 3.66. The maximum atomic E-state index is 12.5. The summed E-state index contributed by atoms with van der Waals surface area (Å²) >= 11 is 1.55. The molecule has 1 atom stereocenters. The van der Waals surface area contributed by atoms with Crippen molar-refractivity contribution in [3.8, 4) is 0 Å². The van der Waals surface area contributed by atoms with Crippen LogP contribution in [0, 0.1) is 13.8 Å². The van der Waals surface area contributed by atoms with Gasteiger partial charge in [0.2, 0.25) is 5.91 Å². The number of rotatable bonds is 4. The Kier molecular flexibility index (Phi) is 4.99. The van der Waals surface area contributed by atoms with Gasteiger partial charge in [0.15, 0.2) is 5.16 Å². The molecule has 2 aromatic rings. The van der Waals surface area contributed by atoms with Crippen molar-refractivity contribution in [2.75, 3.05) is 11.1 Å². The van der Waals surface area contributed by atoms with E-state index in [1.165, 1.54) is 0 Å². The summed E-state index contributed by atoms with van der Waals surface area (Å²) in [5, 5.41) is 3.68. The highest BCUT2D eigenvalue weighted by atomic mass is 32.2. The van der Waals surface area contributed by atoms with Crippen molar-refractivity contribution < 1.29 is 4.79 Å². The largest absolute Gasteiger partial charge is 0.326 e. The van der Waals surface area contributed by atoms with Crippen LogP contribution in [0.15, 0.2) is 34.2 Å². The summed E-state index contributed by atoms with van der Waals surface area (Å²) in [5.41, 5.74) is 3.76. The van der Waals surface area contributed by atoms with Crippen molar-refractivity contribution in [1.29, 1.82) is 0 Å². The highest BCUT2D eigenvalue weighted by molar-refractivity contribution is 7.99. The maximum Gasteiger partial charge on any atom is 0.254 e. The molecule has 0 spiro atoms. The first-order valence-electron chi connectivity index (χ1n) is 8.48. The van der Waals surface area contributed by atoms with E-state index in [4.69, 9.17) is 0 Å². The zero-order valence-electron chi connectivity index (χ0n) is 15.0. The Morgan fingerprint density at radius 3 is 2.80 bits per heavy atom. The van der Waals surface area contributed by atoms with E-state index in [1.807, 2.05) is 45.9 Å². The number of nitrogens with one attached hydrogen (secondary N) is 1. The molecular weight excluding hydrogens is 334 g/mol. The lowest BCUT2D eigenvalue weighted by Crippen LogP contribution is -2.28. The van der Waals surface area contributed by atoms with Gasteiger partial charge in [0.1, 0.15) is 0 Å². The molecule has 1 aromatic carbocycles. The number of carbonyl (C=O) groups excluding carboxylic acids is 1. The third-order valence-electron chi connectivity index (χ3n) is 4.38. The molecule has 3 rings (SSSR count). The molecule has 1 aliphatic rings. The molecule has 2 heterocycles. The van der Waals surface area contributed by atoms with E-state index < -0.39 is 0 Å². The number of thioether (sulfide) groups is 1. The molecule has 0 saturated heterocycles. The van der Waals surface area contributed by atoms with E-state index in [0.29, 0.717) is 5.75 Å². The normalized spacial score (nSPS) is 16.1. The second-order valence-electron chi connectivity index (χ2n) is 6.86. The molecule has 1 amide bonds. The van der Waals surface area contributed by atoms with E-state index >= 15 is 0 Å². The highest BCUT2D eigenvalue weighted by Crippen LogP contribution is 2.33. The number of aryl methyl sites for hydroxylation is 2. The number of amides is 1. The molecule has 1 unspecified atom stereocenters. The fourth-order valence-electron chi connectivity index (χ4n) is 2.99. The number of hydrogen-bond acceptors (Lipinski definition) is 4. The average Bonchev–Trinajstić information content (AvgIpc) is 2.93. The second kappa shape index (κ2) is 7.04. The van der Waals surface area contributed by atoms with Crippen LogP contribution in [0.4, 0.5) is 5.69 Å². The fraction of sp³-hybridized carbons (Fsp3) is 0.421. The summed E-state index contributed by atoms with van der Waals surface area (Å²) in [7, 11) is 0. The van der Waals surface area contributed by atoms with Gasteiger partial charge < -0.3 is 5.32 Å². The molecule has 5 nitrogen and oxygen atoms in total. The van der Waals surface area contributed by atoms with E-state index in [1.54, 1.807) is 22.4 Å². The number of benzene rings is 1. The molecule has 1 aliphatic heterocycles. The molecule has 1 aromatic heterocycles. The molecule has 0 saturated carbocycles. The van der Waals surface area contributed by atoms with E-state index in [2.05, 4.69) is 10.3 Å².